The summed E-state index contributed by atoms with van der Waals surface area (Å²) in [5.41, 5.74) is 1.41. The summed E-state index contributed by atoms with van der Waals surface area (Å²) in [5.74, 6) is 0.552. The van der Waals surface area contributed by atoms with E-state index in [-0.39, 0.29) is 5.54 Å². The van der Waals surface area contributed by atoms with Gasteiger partial charge in [0.05, 0.1) is 0 Å². The van der Waals surface area contributed by atoms with Crippen LogP contribution in [0.3, 0.4) is 0 Å². The molecule has 0 aromatic carbocycles. The first-order chi connectivity index (χ1) is 5.71. The molecule has 0 N–H and O–H groups in total. The first-order valence-electron chi connectivity index (χ1n) is 5.13. The molecular weight excluding hydrogens is 158 g/mol. The van der Waals surface area contributed by atoms with Crippen LogP contribution in [0.15, 0.2) is 12.2 Å². The lowest BCUT2D eigenvalue weighted by atomic mass is 9.85. The number of hydrogen-bond acceptors (Lipinski definition) is 1. The zero-order chi connectivity index (χ0) is 10.8. The molecule has 0 aromatic heterocycles. The summed E-state index contributed by atoms with van der Waals surface area (Å²) in [5, 5.41) is 0. The van der Waals surface area contributed by atoms with E-state index < -0.39 is 0 Å². The fourth-order valence-corrected chi connectivity index (χ4v) is 1.58. The van der Waals surface area contributed by atoms with Gasteiger partial charge in [0.15, 0.2) is 0 Å². The second-order valence-electron chi connectivity index (χ2n) is 4.94. The molecule has 0 atom stereocenters. The molecule has 0 radical (unpaired) electrons. The lowest BCUT2D eigenvalue weighted by Crippen LogP contribution is -2.47. The maximum Gasteiger partial charge on any atom is 0.0363 e. The average molecular weight is 183 g/mol. The number of rotatable bonds is 4. The summed E-state index contributed by atoms with van der Waals surface area (Å²) in [7, 11) is 2.16. The third-order valence-corrected chi connectivity index (χ3v) is 3.14. The van der Waals surface area contributed by atoms with Gasteiger partial charge in [-0.15, -0.1) is 0 Å². The van der Waals surface area contributed by atoms with Crippen LogP contribution >= 0.6 is 0 Å². The lowest BCUT2D eigenvalue weighted by Gasteiger charge is -2.41. The largest absolute Gasteiger partial charge is 0.295 e. The molecule has 13 heavy (non-hydrogen) atoms. The Morgan fingerprint density at radius 3 is 1.77 bits per heavy atom. The molecule has 0 aliphatic heterocycles. The molecule has 1 heteroatoms. The molecule has 0 aliphatic rings. The molecule has 0 saturated carbocycles. The minimum absolute atomic E-state index is 0.0995. The van der Waals surface area contributed by atoms with Crippen molar-refractivity contribution < 1.29 is 0 Å². The van der Waals surface area contributed by atoms with Gasteiger partial charge < -0.3 is 0 Å². The highest BCUT2D eigenvalue weighted by Crippen LogP contribution is 2.28. The summed E-state index contributed by atoms with van der Waals surface area (Å²) in [6.07, 6.45) is 0. The zero-order valence-corrected chi connectivity index (χ0v) is 10.3. The van der Waals surface area contributed by atoms with Crippen LogP contribution < -0.4 is 0 Å². The highest BCUT2D eigenvalue weighted by atomic mass is 15.2. The van der Waals surface area contributed by atoms with Gasteiger partial charge in [0, 0.05) is 11.6 Å². The van der Waals surface area contributed by atoms with Crippen LogP contribution in [0.2, 0.25) is 0 Å². The predicted molar refractivity (Wildman–Crippen MR) is 61.0 cm³/mol. The highest BCUT2D eigenvalue weighted by Gasteiger charge is 2.29. The summed E-state index contributed by atoms with van der Waals surface area (Å²) < 4.78 is 0. The third kappa shape index (κ3) is 2.84. The maximum absolute atomic E-state index is 4.19. The van der Waals surface area contributed by atoms with Crippen LogP contribution in [0.25, 0.3) is 0 Å². The molecule has 78 valence electrons. The zero-order valence-electron chi connectivity index (χ0n) is 10.3. The van der Waals surface area contributed by atoms with Crippen molar-refractivity contribution in [1.82, 2.24) is 4.90 Å². The highest BCUT2D eigenvalue weighted by molar-refractivity contribution is 5.15. The Bertz CT molecular complexity index is 178. The molecular formula is C12H25N. The van der Waals surface area contributed by atoms with Crippen LogP contribution in [0.4, 0.5) is 0 Å². The van der Waals surface area contributed by atoms with E-state index in [4.69, 9.17) is 0 Å². The van der Waals surface area contributed by atoms with Gasteiger partial charge in [0.1, 0.15) is 0 Å². The van der Waals surface area contributed by atoms with Crippen molar-refractivity contribution in [2.75, 3.05) is 7.05 Å². The van der Waals surface area contributed by atoms with Crippen molar-refractivity contribution >= 4 is 0 Å². The quantitative estimate of drug-likeness (QED) is 0.604. The molecule has 0 bridgehead atoms. The number of nitrogens with zero attached hydrogens (tertiary/aromatic N) is 1. The van der Waals surface area contributed by atoms with Crippen molar-refractivity contribution in [3.63, 3.8) is 0 Å². The van der Waals surface area contributed by atoms with Crippen molar-refractivity contribution in [3.8, 4) is 0 Å². The van der Waals surface area contributed by atoms with Gasteiger partial charge in [-0.1, -0.05) is 26.0 Å². The van der Waals surface area contributed by atoms with Gasteiger partial charge in [-0.25, -0.2) is 0 Å². The van der Waals surface area contributed by atoms with E-state index in [1.54, 1.807) is 0 Å². The fourth-order valence-electron chi connectivity index (χ4n) is 1.58. The van der Waals surface area contributed by atoms with Crippen LogP contribution in [-0.4, -0.2) is 23.5 Å². The summed E-state index contributed by atoms with van der Waals surface area (Å²) in [4.78, 5) is 2.37. The van der Waals surface area contributed by atoms with Crippen LogP contribution in [0.5, 0.6) is 0 Å². The molecule has 0 heterocycles. The van der Waals surface area contributed by atoms with Crippen molar-refractivity contribution in [3.05, 3.63) is 12.2 Å². The Hall–Kier alpha value is -0.300. The molecule has 0 amide bonds. The topological polar surface area (TPSA) is 3.24 Å². The molecule has 0 rings (SSSR count). The van der Waals surface area contributed by atoms with Gasteiger partial charge in [-0.3, -0.25) is 4.90 Å². The SMILES string of the molecule is C=C(C(C)C)C(C)(C)N(C)C(C)C. The van der Waals surface area contributed by atoms with Gasteiger partial charge in [-0.2, -0.15) is 0 Å². The third-order valence-electron chi connectivity index (χ3n) is 3.14. The van der Waals surface area contributed by atoms with Gasteiger partial charge >= 0.3 is 0 Å². The van der Waals surface area contributed by atoms with E-state index in [0.29, 0.717) is 12.0 Å². The summed E-state index contributed by atoms with van der Waals surface area (Å²) in [6, 6.07) is 0.561. The summed E-state index contributed by atoms with van der Waals surface area (Å²) >= 11 is 0. The van der Waals surface area contributed by atoms with E-state index >= 15 is 0 Å². The van der Waals surface area contributed by atoms with Crippen LogP contribution in [0, 0.1) is 5.92 Å². The summed E-state index contributed by atoms with van der Waals surface area (Å²) in [6.45, 7) is 17.5. The van der Waals surface area contributed by atoms with E-state index in [0.717, 1.165) is 0 Å². The molecule has 0 aromatic rings. The van der Waals surface area contributed by atoms with Crippen molar-refractivity contribution in [2.24, 2.45) is 5.92 Å². The first-order valence-corrected chi connectivity index (χ1v) is 5.13. The monoisotopic (exact) mass is 183 g/mol. The lowest BCUT2D eigenvalue weighted by molar-refractivity contribution is 0.142. The Labute approximate surface area is 83.8 Å². The minimum Gasteiger partial charge on any atom is -0.295 e. The second kappa shape index (κ2) is 4.28. The Kier molecular flexibility index (Phi) is 4.18. The Morgan fingerprint density at radius 2 is 1.54 bits per heavy atom. The van der Waals surface area contributed by atoms with Crippen molar-refractivity contribution in [1.29, 1.82) is 0 Å². The number of hydrogen-bond donors (Lipinski definition) is 0. The van der Waals surface area contributed by atoms with E-state index in [2.05, 4.69) is 60.1 Å². The average Bonchev–Trinajstić information content (AvgIpc) is 2.01. The van der Waals surface area contributed by atoms with E-state index in [9.17, 15) is 0 Å². The van der Waals surface area contributed by atoms with Gasteiger partial charge in [0.25, 0.3) is 0 Å². The smallest absolute Gasteiger partial charge is 0.0363 e. The predicted octanol–water partition coefficient (Wildman–Crippen LogP) is 3.32. The fraction of sp³-hybridized carbons (Fsp3) is 0.833. The normalized spacial score (nSPS) is 13.1. The molecule has 0 saturated heterocycles. The first kappa shape index (κ1) is 12.7. The van der Waals surface area contributed by atoms with E-state index in [1.165, 1.54) is 5.57 Å². The van der Waals surface area contributed by atoms with Crippen molar-refractivity contribution in [2.45, 2.75) is 53.1 Å². The Balaban J connectivity index is 4.65. The van der Waals surface area contributed by atoms with Crippen LogP contribution in [0.1, 0.15) is 41.5 Å². The van der Waals surface area contributed by atoms with Crippen LogP contribution in [-0.2, 0) is 0 Å². The van der Waals surface area contributed by atoms with Gasteiger partial charge in [0.2, 0.25) is 0 Å². The molecule has 0 unspecified atom stereocenters. The van der Waals surface area contributed by atoms with Gasteiger partial charge in [-0.05, 0) is 40.7 Å². The molecule has 0 aliphatic carbocycles. The molecule has 1 nitrogen and oxygen atoms in total. The number of likely N-dealkylation sites (N-methyl/N-ethyl adjacent to an activating group) is 1. The molecule has 0 fully saturated rings. The second-order valence-corrected chi connectivity index (χ2v) is 4.94. The molecule has 0 spiro atoms. The van der Waals surface area contributed by atoms with E-state index in [1.807, 2.05) is 0 Å². The maximum atomic E-state index is 4.19. The standard InChI is InChI=1S/C12H25N/c1-9(2)11(5)12(6,7)13(8)10(3)4/h9-10H,5H2,1-4,6-8H3. The minimum atomic E-state index is 0.0995. The Morgan fingerprint density at radius 1 is 1.15 bits per heavy atom.